The number of aromatic nitrogens is 2. The Morgan fingerprint density at radius 3 is 2.62 bits per heavy atom. The molecule has 0 bridgehead atoms. The molecule has 1 heterocycles. The summed E-state index contributed by atoms with van der Waals surface area (Å²) in [6.45, 7) is 10.4. The molecule has 2 aromatic rings. The number of benzene rings is 1. The third-order valence-electron chi connectivity index (χ3n) is 3.17. The van der Waals surface area contributed by atoms with E-state index in [1.165, 1.54) is 17.1 Å². The van der Waals surface area contributed by atoms with Gasteiger partial charge in [0.1, 0.15) is 5.82 Å². The first-order valence-electron chi connectivity index (χ1n) is 7.33. The lowest BCUT2D eigenvalue weighted by atomic mass is 9.96. The Bertz CT molecular complexity index is 586. The second kappa shape index (κ2) is 6.43. The highest BCUT2D eigenvalue weighted by molar-refractivity contribution is 7.09. The standard InChI is InChI=1S/C16H24N4S/c1-5-9-20(11-12-7-6-8-13(17)10-12)15-18-14(19-21-15)16(2,3)4/h6-8,10H,5,9,11,17H2,1-4H3. The Morgan fingerprint density at radius 2 is 2.05 bits per heavy atom. The van der Waals surface area contributed by atoms with Gasteiger partial charge in [-0.25, -0.2) is 4.98 Å². The molecule has 0 atom stereocenters. The van der Waals surface area contributed by atoms with E-state index in [0.29, 0.717) is 0 Å². The van der Waals surface area contributed by atoms with Gasteiger partial charge in [-0.2, -0.15) is 4.37 Å². The first-order chi connectivity index (χ1) is 9.90. The third kappa shape index (κ3) is 4.17. The molecule has 2 rings (SSSR count). The van der Waals surface area contributed by atoms with E-state index >= 15 is 0 Å². The second-order valence-electron chi connectivity index (χ2n) is 6.32. The van der Waals surface area contributed by atoms with Gasteiger partial charge in [-0.15, -0.1) is 0 Å². The lowest BCUT2D eigenvalue weighted by Gasteiger charge is -2.21. The van der Waals surface area contributed by atoms with Crippen LogP contribution >= 0.6 is 11.5 Å². The minimum atomic E-state index is -0.0101. The van der Waals surface area contributed by atoms with Gasteiger partial charge in [0.25, 0.3) is 0 Å². The maximum absolute atomic E-state index is 5.86. The Balaban J connectivity index is 2.20. The van der Waals surface area contributed by atoms with Crippen molar-refractivity contribution in [3.05, 3.63) is 35.7 Å². The molecule has 114 valence electrons. The summed E-state index contributed by atoms with van der Waals surface area (Å²) in [5.41, 5.74) is 7.86. The van der Waals surface area contributed by atoms with Crippen LogP contribution in [0.3, 0.4) is 0 Å². The van der Waals surface area contributed by atoms with E-state index in [1.54, 1.807) is 0 Å². The fourth-order valence-corrected chi connectivity index (χ4v) is 2.95. The van der Waals surface area contributed by atoms with Crippen LogP contribution in [0.5, 0.6) is 0 Å². The summed E-state index contributed by atoms with van der Waals surface area (Å²) in [6, 6.07) is 8.03. The van der Waals surface area contributed by atoms with Crippen molar-refractivity contribution in [1.82, 2.24) is 9.36 Å². The Labute approximate surface area is 131 Å². The van der Waals surface area contributed by atoms with Gasteiger partial charge in [-0.1, -0.05) is 39.8 Å². The molecule has 4 nitrogen and oxygen atoms in total. The third-order valence-corrected chi connectivity index (χ3v) is 3.95. The number of hydrogen-bond donors (Lipinski definition) is 1. The zero-order valence-electron chi connectivity index (χ0n) is 13.3. The van der Waals surface area contributed by atoms with Crippen LogP contribution in [-0.4, -0.2) is 15.9 Å². The highest BCUT2D eigenvalue weighted by Gasteiger charge is 2.21. The van der Waals surface area contributed by atoms with Crippen molar-refractivity contribution in [3.8, 4) is 0 Å². The van der Waals surface area contributed by atoms with Crippen LogP contribution in [-0.2, 0) is 12.0 Å². The van der Waals surface area contributed by atoms with Crippen LogP contribution in [0.25, 0.3) is 0 Å². The maximum atomic E-state index is 5.86. The molecular weight excluding hydrogens is 280 g/mol. The summed E-state index contributed by atoms with van der Waals surface area (Å²) >= 11 is 1.48. The van der Waals surface area contributed by atoms with Crippen LogP contribution in [0.15, 0.2) is 24.3 Å². The van der Waals surface area contributed by atoms with Crippen LogP contribution < -0.4 is 10.6 Å². The molecule has 0 unspecified atom stereocenters. The quantitative estimate of drug-likeness (QED) is 0.853. The number of hydrogen-bond acceptors (Lipinski definition) is 5. The van der Waals surface area contributed by atoms with Crippen molar-refractivity contribution in [2.24, 2.45) is 0 Å². The molecule has 2 N–H and O–H groups in total. The van der Waals surface area contributed by atoms with E-state index < -0.39 is 0 Å². The molecule has 0 aliphatic carbocycles. The molecule has 1 aromatic heterocycles. The molecule has 0 saturated carbocycles. The minimum Gasteiger partial charge on any atom is -0.399 e. The van der Waals surface area contributed by atoms with Crippen molar-refractivity contribution < 1.29 is 0 Å². The maximum Gasteiger partial charge on any atom is 0.205 e. The summed E-state index contributed by atoms with van der Waals surface area (Å²) in [4.78, 5) is 7.00. The zero-order chi connectivity index (χ0) is 15.5. The van der Waals surface area contributed by atoms with E-state index in [2.05, 4.69) is 43.0 Å². The second-order valence-corrected chi connectivity index (χ2v) is 7.05. The molecule has 0 radical (unpaired) electrons. The van der Waals surface area contributed by atoms with Crippen LogP contribution in [0.1, 0.15) is 45.5 Å². The Morgan fingerprint density at radius 1 is 1.29 bits per heavy atom. The summed E-state index contributed by atoms with van der Waals surface area (Å²) in [5, 5.41) is 0.990. The molecule has 0 amide bonds. The topological polar surface area (TPSA) is 55.0 Å². The zero-order valence-corrected chi connectivity index (χ0v) is 14.1. The van der Waals surface area contributed by atoms with E-state index in [1.807, 2.05) is 18.2 Å². The average Bonchev–Trinajstić information content (AvgIpc) is 2.87. The Kier molecular flexibility index (Phi) is 4.83. The highest BCUT2D eigenvalue weighted by atomic mass is 32.1. The van der Waals surface area contributed by atoms with E-state index in [9.17, 15) is 0 Å². The van der Waals surface area contributed by atoms with Crippen molar-refractivity contribution in [1.29, 1.82) is 0 Å². The predicted molar refractivity (Wildman–Crippen MR) is 90.8 cm³/mol. The Hall–Kier alpha value is -1.62. The van der Waals surface area contributed by atoms with Gasteiger partial charge in [0.05, 0.1) is 0 Å². The molecule has 0 aliphatic rings. The molecule has 1 aromatic carbocycles. The van der Waals surface area contributed by atoms with E-state index in [-0.39, 0.29) is 5.41 Å². The predicted octanol–water partition coefficient (Wildman–Crippen LogP) is 3.83. The van der Waals surface area contributed by atoms with Crippen molar-refractivity contribution in [3.63, 3.8) is 0 Å². The SMILES string of the molecule is CCCN(Cc1cccc(N)c1)c1nc(C(C)(C)C)ns1. The van der Waals surface area contributed by atoms with Gasteiger partial charge >= 0.3 is 0 Å². The summed E-state index contributed by atoms with van der Waals surface area (Å²) < 4.78 is 4.51. The molecule has 0 spiro atoms. The summed E-state index contributed by atoms with van der Waals surface area (Å²) in [5.74, 6) is 0.913. The normalized spacial score (nSPS) is 11.6. The molecular formula is C16H24N4S. The largest absolute Gasteiger partial charge is 0.399 e. The lowest BCUT2D eigenvalue weighted by molar-refractivity contribution is 0.554. The number of rotatable bonds is 5. The number of anilines is 2. The molecule has 21 heavy (non-hydrogen) atoms. The number of nitrogens with two attached hydrogens (primary N) is 1. The van der Waals surface area contributed by atoms with Gasteiger partial charge in [0.2, 0.25) is 5.13 Å². The molecule has 0 aliphatic heterocycles. The first kappa shape index (κ1) is 15.8. The van der Waals surface area contributed by atoms with Gasteiger partial charge in [0.15, 0.2) is 0 Å². The van der Waals surface area contributed by atoms with Crippen LogP contribution in [0.4, 0.5) is 10.8 Å². The van der Waals surface area contributed by atoms with Gasteiger partial charge in [0, 0.05) is 35.7 Å². The summed E-state index contributed by atoms with van der Waals surface area (Å²) in [6.07, 6.45) is 1.08. The van der Waals surface area contributed by atoms with Crippen molar-refractivity contribution >= 4 is 22.4 Å². The van der Waals surface area contributed by atoms with Crippen molar-refractivity contribution in [2.45, 2.75) is 46.1 Å². The first-order valence-corrected chi connectivity index (χ1v) is 8.11. The van der Waals surface area contributed by atoms with Crippen LogP contribution in [0, 0.1) is 0 Å². The van der Waals surface area contributed by atoms with Crippen molar-refractivity contribution in [2.75, 3.05) is 17.2 Å². The average molecular weight is 304 g/mol. The van der Waals surface area contributed by atoms with Crippen LogP contribution in [0.2, 0.25) is 0 Å². The highest BCUT2D eigenvalue weighted by Crippen LogP contribution is 2.26. The van der Waals surface area contributed by atoms with Gasteiger partial charge < -0.3 is 10.6 Å². The van der Waals surface area contributed by atoms with Gasteiger partial charge in [-0.3, -0.25) is 0 Å². The fourth-order valence-electron chi connectivity index (χ4n) is 2.07. The fraction of sp³-hybridized carbons (Fsp3) is 0.500. The monoisotopic (exact) mass is 304 g/mol. The van der Waals surface area contributed by atoms with E-state index in [0.717, 1.165) is 36.2 Å². The number of nitrogens with zero attached hydrogens (tertiary/aromatic N) is 3. The summed E-state index contributed by atoms with van der Waals surface area (Å²) in [7, 11) is 0. The lowest BCUT2D eigenvalue weighted by Crippen LogP contribution is -2.24. The van der Waals surface area contributed by atoms with Gasteiger partial charge in [-0.05, 0) is 24.1 Å². The number of nitrogen functional groups attached to an aromatic ring is 1. The minimum absolute atomic E-state index is 0.0101. The van der Waals surface area contributed by atoms with E-state index in [4.69, 9.17) is 10.7 Å². The molecule has 5 heteroatoms. The smallest absolute Gasteiger partial charge is 0.205 e. The molecule has 0 fully saturated rings. The molecule has 0 saturated heterocycles.